The number of pyridine rings is 2. The van der Waals surface area contributed by atoms with Crippen LogP contribution in [0.1, 0.15) is 10.4 Å². The van der Waals surface area contributed by atoms with Gasteiger partial charge in [-0.25, -0.2) is 9.98 Å². The second-order valence-electron chi connectivity index (χ2n) is 8.92. The molecule has 0 saturated carbocycles. The average molecular weight is 505 g/mol. The van der Waals surface area contributed by atoms with Crippen molar-refractivity contribution < 1.29 is 9.53 Å². The summed E-state index contributed by atoms with van der Waals surface area (Å²) in [6, 6.07) is 24.1. The first-order valence-electron chi connectivity index (χ1n) is 12.1. The normalized spacial score (nSPS) is 11.4. The number of ether oxygens (including phenoxy) is 1. The minimum atomic E-state index is -0.228. The van der Waals surface area contributed by atoms with Crippen LogP contribution in [0.3, 0.4) is 0 Å². The number of nitrogens with one attached hydrogen (secondary N) is 1. The third kappa shape index (κ3) is 5.34. The maximum Gasteiger partial charge on any atom is 0.255 e. The first-order chi connectivity index (χ1) is 18.4. The lowest BCUT2D eigenvalue weighted by atomic mass is 10.1. The molecule has 8 heteroatoms. The number of rotatable bonds is 5. The number of aromatic nitrogens is 2. The number of fused-ring (bicyclic) bond motifs is 1. The molecule has 0 saturated heterocycles. The Balaban J connectivity index is 1.38. The predicted octanol–water partition coefficient (Wildman–Crippen LogP) is 4.82. The topological polar surface area (TPSA) is 98.9 Å². The molecule has 0 fully saturated rings. The number of aryl methyl sites for hydroxylation is 2. The maximum atomic E-state index is 12.9. The number of hydrogen-bond acceptors (Lipinski definition) is 5. The zero-order valence-corrected chi connectivity index (χ0v) is 21.4. The van der Waals surface area contributed by atoms with Crippen LogP contribution in [0.15, 0.2) is 107 Å². The van der Waals surface area contributed by atoms with Crippen molar-refractivity contribution in [3.05, 3.63) is 114 Å². The Morgan fingerprint density at radius 3 is 2.37 bits per heavy atom. The van der Waals surface area contributed by atoms with Crippen molar-refractivity contribution >= 4 is 39.6 Å². The van der Waals surface area contributed by atoms with Gasteiger partial charge in [0.25, 0.3) is 5.91 Å². The van der Waals surface area contributed by atoms with Crippen LogP contribution in [0.4, 0.5) is 22.7 Å². The number of carbonyl (C=O) groups is 1. The fourth-order valence-corrected chi connectivity index (χ4v) is 4.09. The summed E-state index contributed by atoms with van der Waals surface area (Å²) in [6.45, 7) is 0. The molecule has 0 aliphatic carbocycles. The predicted molar refractivity (Wildman–Crippen MR) is 151 cm³/mol. The molecule has 1 amide bonds. The Hall–Kier alpha value is -5.11. The maximum absolute atomic E-state index is 12.9. The molecule has 190 valence electrons. The van der Waals surface area contributed by atoms with Gasteiger partial charge in [0.1, 0.15) is 11.4 Å². The molecule has 0 bridgehead atoms. The number of anilines is 2. The van der Waals surface area contributed by atoms with Crippen LogP contribution in [0.5, 0.6) is 5.75 Å². The standard InChI is InChI=1S/C30H28N6O2/c1-35-15-12-23(13-16-35)32-22-7-4-20(5-8-22)30(37)33-24-9-11-27(29(19-24)38-3)34-26-14-17-36(2)28-18-21(31)6-10-25(26)28/h4-19H,31H2,1-3H3,(H,33,37). The molecule has 0 aliphatic rings. The Labute approximate surface area is 220 Å². The van der Waals surface area contributed by atoms with Crippen molar-refractivity contribution in [2.45, 2.75) is 0 Å². The van der Waals surface area contributed by atoms with Gasteiger partial charge in [-0.3, -0.25) is 4.79 Å². The summed E-state index contributed by atoms with van der Waals surface area (Å²) in [5.41, 5.74) is 10.2. The number of amides is 1. The van der Waals surface area contributed by atoms with Crippen LogP contribution in [0.2, 0.25) is 0 Å². The highest BCUT2D eigenvalue weighted by molar-refractivity contribution is 6.04. The van der Waals surface area contributed by atoms with Gasteiger partial charge in [0.2, 0.25) is 0 Å². The first-order valence-corrected chi connectivity index (χ1v) is 12.1. The molecular formula is C30H28N6O2. The van der Waals surface area contributed by atoms with Crippen molar-refractivity contribution in [1.82, 2.24) is 9.13 Å². The van der Waals surface area contributed by atoms with E-state index in [0.717, 1.165) is 27.3 Å². The van der Waals surface area contributed by atoms with E-state index in [4.69, 9.17) is 15.5 Å². The number of hydrogen-bond donors (Lipinski definition) is 2. The van der Waals surface area contributed by atoms with E-state index < -0.39 is 0 Å². The van der Waals surface area contributed by atoms with Crippen LogP contribution in [-0.4, -0.2) is 22.2 Å². The third-order valence-electron chi connectivity index (χ3n) is 6.16. The Kier molecular flexibility index (Phi) is 6.78. The summed E-state index contributed by atoms with van der Waals surface area (Å²) in [5, 5.41) is 5.55. The zero-order chi connectivity index (χ0) is 26.6. The molecule has 5 rings (SSSR count). The molecule has 0 atom stereocenters. The summed E-state index contributed by atoms with van der Waals surface area (Å²) in [6.07, 6.45) is 5.82. The van der Waals surface area contributed by atoms with E-state index >= 15 is 0 Å². The number of methoxy groups -OCH3 is 1. The molecule has 2 heterocycles. The molecule has 3 N–H and O–H groups in total. The summed E-state index contributed by atoms with van der Waals surface area (Å²) in [4.78, 5) is 22.3. The van der Waals surface area contributed by atoms with Crippen molar-refractivity contribution in [3.8, 4) is 5.75 Å². The Morgan fingerprint density at radius 2 is 1.63 bits per heavy atom. The molecule has 0 unspecified atom stereocenters. The molecule has 2 aromatic heterocycles. The van der Waals surface area contributed by atoms with Crippen molar-refractivity contribution in [2.24, 2.45) is 24.1 Å². The molecule has 0 aliphatic heterocycles. The van der Waals surface area contributed by atoms with E-state index in [-0.39, 0.29) is 5.91 Å². The fourth-order valence-electron chi connectivity index (χ4n) is 4.09. The van der Waals surface area contributed by atoms with Gasteiger partial charge in [-0.1, -0.05) is 0 Å². The van der Waals surface area contributed by atoms with Crippen LogP contribution in [-0.2, 0) is 14.1 Å². The molecule has 0 radical (unpaired) electrons. The lowest BCUT2D eigenvalue weighted by molar-refractivity contribution is 0.102. The molecule has 5 aromatic rings. The highest BCUT2D eigenvalue weighted by atomic mass is 16.5. The summed E-state index contributed by atoms with van der Waals surface area (Å²) in [7, 11) is 5.50. The third-order valence-corrected chi connectivity index (χ3v) is 6.16. The monoisotopic (exact) mass is 504 g/mol. The molecule has 3 aromatic carbocycles. The Bertz CT molecular complexity index is 1760. The lowest BCUT2D eigenvalue weighted by Gasteiger charge is -2.10. The number of benzene rings is 3. The summed E-state index contributed by atoms with van der Waals surface area (Å²) >= 11 is 0. The minimum absolute atomic E-state index is 0.228. The molecule has 8 nitrogen and oxygen atoms in total. The van der Waals surface area contributed by atoms with E-state index in [1.807, 2.05) is 102 Å². The highest BCUT2D eigenvalue weighted by Gasteiger charge is 2.10. The minimum Gasteiger partial charge on any atom is -0.494 e. The van der Waals surface area contributed by atoms with Crippen molar-refractivity contribution in [3.63, 3.8) is 0 Å². The second kappa shape index (κ2) is 10.5. The van der Waals surface area contributed by atoms with Gasteiger partial charge in [-0.2, -0.15) is 0 Å². The quantitative estimate of drug-likeness (QED) is 0.336. The number of nitrogen functional groups attached to an aromatic ring is 1. The van der Waals surface area contributed by atoms with Gasteiger partial charge in [-0.05, 0) is 72.8 Å². The number of nitrogens with zero attached hydrogens (tertiary/aromatic N) is 4. The van der Waals surface area contributed by atoms with E-state index in [0.29, 0.717) is 28.4 Å². The van der Waals surface area contributed by atoms with Crippen molar-refractivity contribution in [2.75, 3.05) is 18.2 Å². The van der Waals surface area contributed by atoms with E-state index in [1.54, 1.807) is 25.3 Å². The smallest absolute Gasteiger partial charge is 0.255 e. The highest BCUT2D eigenvalue weighted by Crippen LogP contribution is 2.30. The van der Waals surface area contributed by atoms with Gasteiger partial charge in [0.15, 0.2) is 0 Å². The Morgan fingerprint density at radius 1 is 0.868 bits per heavy atom. The molecule has 0 spiro atoms. The van der Waals surface area contributed by atoms with Gasteiger partial charge in [0.05, 0.1) is 29.0 Å². The van der Waals surface area contributed by atoms with Crippen LogP contribution in [0.25, 0.3) is 10.9 Å². The molecular weight excluding hydrogens is 476 g/mol. The SMILES string of the molecule is COc1cc(NC(=O)c2ccc(N=c3ccn(C)cc3)cc2)ccc1N=c1ccn(C)c2cc(N)ccc12. The average Bonchev–Trinajstić information content (AvgIpc) is 2.92. The largest absolute Gasteiger partial charge is 0.494 e. The lowest BCUT2D eigenvalue weighted by Crippen LogP contribution is -2.11. The summed E-state index contributed by atoms with van der Waals surface area (Å²) < 4.78 is 9.55. The summed E-state index contributed by atoms with van der Waals surface area (Å²) in [5.74, 6) is 0.319. The second-order valence-corrected chi connectivity index (χ2v) is 8.92. The van der Waals surface area contributed by atoms with Gasteiger partial charge < -0.3 is 24.9 Å². The first kappa shape index (κ1) is 24.6. The fraction of sp³-hybridized carbons (Fsp3) is 0.100. The van der Waals surface area contributed by atoms with Crippen LogP contribution >= 0.6 is 0 Å². The van der Waals surface area contributed by atoms with E-state index in [9.17, 15) is 4.79 Å². The van der Waals surface area contributed by atoms with Crippen molar-refractivity contribution in [1.29, 1.82) is 0 Å². The molecule has 38 heavy (non-hydrogen) atoms. The van der Waals surface area contributed by atoms with E-state index in [2.05, 4.69) is 10.3 Å². The number of nitrogens with two attached hydrogens (primary N) is 1. The van der Waals surface area contributed by atoms with Crippen LogP contribution < -0.4 is 26.5 Å². The van der Waals surface area contributed by atoms with Gasteiger partial charge >= 0.3 is 0 Å². The zero-order valence-electron chi connectivity index (χ0n) is 21.4. The van der Waals surface area contributed by atoms with Gasteiger partial charge in [-0.15, -0.1) is 0 Å². The van der Waals surface area contributed by atoms with E-state index in [1.165, 1.54) is 0 Å². The number of carbonyl (C=O) groups excluding carboxylic acids is 1. The van der Waals surface area contributed by atoms with Crippen LogP contribution in [0, 0.1) is 0 Å². The van der Waals surface area contributed by atoms with Gasteiger partial charge in [0, 0.05) is 61.1 Å².